The maximum Gasteiger partial charge on any atom is 0.300 e. The molecule has 1 aliphatic heterocycles. The van der Waals surface area contributed by atoms with Crippen LogP contribution in [0, 0.1) is 12.8 Å². The number of oxazole rings is 1. The van der Waals surface area contributed by atoms with Crippen LogP contribution in [0.3, 0.4) is 0 Å². The first kappa shape index (κ1) is 15.8. The Hall–Kier alpha value is -2.11. The summed E-state index contributed by atoms with van der Waals surface area (Å²) in [6, 6.07) is 4.44. The Morgan fingerprint density at radius 1 is 1.22 bits per heavy atom. The van der Waals surface area contributed by atoms with Crippen molar-refractivity contribution in [1.82, 2.24) is 14.9 Å². The fraction of sp³-hybridized carbons (Fsp3) is 0.588. The lowest BCUT2D eigenvalue weighted by molar-refractivity contribution is -0.131. The topological polar surface area (TPSA) is 62.5 Å². The monoisotopic (exact) mass is 316 g/mol. The molecule has 6 heteroatoms. The van der Waals surface area contributed by atoms with Crippen molar-refractivity contribution >= 4 is 23.2 Å². The van der Waals surface area contributed by atoms with Gasteiger partial charge in [-0.2, -0.15) is 4.98 Å². The minimum absolute atomic E-state index is 0.247. The van der Waals surface area contributed by atoms with Crippen LogP contribution in [0.15, 0.2) is 16.5 Å². The van der Waals surface area contributed by atoms with E-state index in [1.54, 1.807) is 0 Å². The predicted molar refractivity (Wildman–Crippen MR) is 89.4 cm³/mol. The zero-order valence-corrected chi connectivity index (χ0v) is 14.1. The number of amides is 1. The molecule has 0 aliphatic carbocycles. The van der Waals surface area contributed by atoms with Crippen LogP contribution in [0.25, 0.3) is 11.2 Å². The van der Waals surface area contributed by atoms with E-state index in [2.05, 4.69) is 28.7 Å². The van der Waals surface area contributed by atoms with Gasteiger partial charge in [0.25, 0.3) is 6.01 Å². The van der Waals surface area contributed by atoms with Crippen molar-refractivity contribution < 1.29 is 9.21 Å². The molecule has 0 unspecified atom stereocenters. The molecule has 0 bridgehead atoms. The number of rotatable bonds is 3. The molecule has 0 saturated carbocycles. The summed E-state index contributed by atoms with van der Waals surface area (Å²) in [4.78, 5) is 25.2. The van der Waals surface area contributed by atoms with Crippen molar-refractivity contribution in [2.75, 3.05) is 31.1 Å². The molecule has 124 valence electrons. The molecule has 3 heterocycles. The van der Waals surface area contributed by atoms with E-state index in [0.29, 0.717) is 29.6 Å². The van der Waals surface area contributed by atoms with Crippen molar-refractivity contribution in [3.05, 3.63) is 17.8 Å². The van der Waals surface area contributed by atoms with Gasteiger partial charge in [-0.1, -0.05) is 13.8 Å². The fourth-order valence-corrected chi connectivity index (χ4v) is 2.87. The molecule has 0 N–H and O–H groups in total. The highest BCUT2D eigenvalue weighted by molar-refractivity contribution is 5.76. The van der Waals surface area contributed by atoms with Crippen molar-refractivity contribution in [1.29, 1.82) is 0 Å². The number of aryl methyl sites for hydroxylation is 1. The van der Waals surface area contributed by atoms with E-state index in [-0.39, 0.29) is 5.91 Å². The molecule has 1 saturated heterocycles. The van der Waals surface area contributed by atoms with Crippen LogP contribution in [0.4, 0.5) is 6.01 Å². The molecule has 1 fully saturated rings. The summed E-state index contributed by atoms with van der Waals surface area (Å²) in [6.45, 7) is 9.21. The molecule has 23 heavy (non-hydrogen) atoms. The lowest BCUT2D eigenvalue weighted by Crippen LogP contribution is -2.35. The SMILES string of the molecule is Cc1ccc2oc(N3CCCN(C(=O)CC(C)C)CC3)nc2n1. The first-order valence-electron chi connectivity index (χ1n) is 8.30. The fourth-order valence-electron chi connectivity index (χ4n) is 2.87. The number of nitrogens with zero attached hydrogens (tertiary/aromatic N) is 4. The second-order valence-electron chi connectivity index (χ2n) is 6.59. The van der Waals surface area contributed by atoms with E-state index in [1.807, 2.05) is 24.0 Å². The van der Waals surface area contributed by atoms with Crippen LogP contribution >= 0.6 is 0 Å². The summed E-state index contributed by atoms with van der Waals surface area (Å²) in [7, 11) is 0. The molecule has 2 aromatic heterocycles. The van der Waals surface area contributed by atoms with Crippen LogP contribution in [0.1, 0.15) is 32.4 Å². The number of fused-ring (bicyclic) bond motifs is 1. The number of hydrogen-bond acceptors (Lipinski definition) is 5. The van der Waals surface area contributed by atoms with Crippen molar-refractivity contribution in [2.45, 2.75) is 33.6 Å². The lowest BCUT2D eigenvalue weighted by atomic mass is 10.1. The molecular weight excluding hydrogens is 292 g/mol. The highest BCUT2D eigenvalue weighted by Gasteiger charge is 2.22. The Morgan fingerprint density at radius 2 is 2.04 bits per heavy atom. The van der Waals surface area contributed by atoms with Crippen molar-refractivity contribution in [3.8, 4) is 0 Å². The number of pyridine rings is 1. The highest BCUT2D eigenvalue weighted by atomic mass is 16.4. The van der Waals surface area contributed by atoms with Gasteiger partial charge >= 0.3 is 0 Å². The largest absolute Gasteiger partial charge is 0.422 e. The third-order valence-corrected chi connectivity index (χ3v) is 4.08. The zero-order chi connectivity index (χ0) is 16.4. The number of hydrogen-bond donors (Lipinski definition) is 0. The Bertz CT molecular complexity index is 695. The molecule has 2 aromatic rings. The second kappa shape index (κ2) is 6.56. The van der Waals surface area contributed by atoms with Gasteiger partial charge in [-0.05, 0) is 31.4 Å². The molecule has 3 rings (SSSR count). The Balaban J connectivity index is 1.70. The number of carbonyl (C=O) groups is 1. The predicted octanol–water partition coefficient (Wildman–Crippen LogP) is 2.62. The summed E-state index contributed by atoms with van der Waals surface area (Å²) < 4.78 is 5.83. The van der Waals surface area contributed by atoms with E-state index in [1.165, 1.54) is 0 Å². The Labute approximate surface area is 136 Å². The van der Waals surface area contributed by atoms with Crippen LogP contribution in [0.2, 0.25) is 0 Å². The highest BCUT2D eigenvalue weighted by Crippen LogP contribution is 2.22. The van der Waals surface area contributed by atoms with Crippen LogP contribution in [-0.4, -0.2) is 47.0 Å². The first-order valence-corrected chi connectivity index (χ1v) is 8.30. The Morgan fingerprint density at radius 3 is 2.83 bits per heavy atom. The van der Waals surface area contributed by atoms with Gasteiger partial charge < -0.3 is 14.2 Å². The van der Waals surface area contributed by atoms with Gasteiger partial charge in [-0.3, -0.25) is 4.79 Å². The maximum absolute atomic E-state index is 12.2. The van der Waals surface area contributed by atoms with Crippen LogP contribution in [0.5, 0.6) is 0 Å². The zero-order valence-electron chi connectivity index (χ0n) is 14.1. The molecule has 0 aromatic carbocycles. The summed E-state index contributed by atoms with van der Waals surface area (Å²) in [5.41, 5.74) is 2.29. The Kier molecular flexibility index (Phi) is 4.50. The summed E-state index contributed by atoms with van der Waals surface area (Å²) in [5.74, 6) is 0.643. The van der Waals surface area contributed by atoms with Gasteiger partial charge in [-0.15, -0.1) is 0 Å². The van der Waals surface area contributed by atoms with E-state index in [4.69, 9.17) is 4.42 Å². The molecule has 0 spiro atoms. The summed E-state index contributed by atoms with van der Waals surface area (Å²) in [6.07, 6.45) is 1.54. The van der Waals surface area contributed by atoms with Gasteiger partial charge in [0.1, 0.15) is 0 Å². The van der Waals surface area contributed by atoms with Gasteiger partial charge in [0.05, 0.1) is 0 Å². The minimum Gasteiger partial charge on any atom is -0.422 e. The number of carbonyl (C=O) groups excluding carboxylic acids is 1. The lowest BCUT2D eigenvalue weighted by Gasteiger charge is -2.22. The van der Waals surface area contributed by atoms with E-state index in [9.17, 15) is 4.79 Å². The van der Waals surface area contributed by atoms with Gasteiger partial charge in [0.15, 0.2) is 5.58 Å². The standard InChI is InChI=1S/C17H24N4O2/c1-12(2)11-15(22)20-7-4-8-21(10-9-20)17-19-16-14(23-17)6-5-13(3)18-16/h5-6,12H,4,7-11H2,1-3H3. The minimum atomic E-state index is 0.247. The summed E-state index contributed by atoms with van der Waals surface area (Å²) in [5, 5.41) is 0. The molecule has 0 atom stereocenters. The molecule has 6 nitrogen and oxygen atoms in total. The average Bonchev–Trinajstić information content (AvgIpc) is 2.74. The van der Waals surface area contributed by atoms with E-state index < -0.39 is 0 Å². The normalized spacial score (nSPS) is 16.2. The van der Waals surface area contributed by atoms with Gasteiger partial charge in [-0.25, -0.2) is 4.98 Å². The average molecular weight is 316 g/mol. The van der Waals surface area contributed by atoms with Crippen molar-refractivity contribution in [3.63, 3.8) is 0 Å². The van der Waals surface area contributed by atoms with Gasteiger partial charge in [0, 0.05) is 38.3 Å². The number of anilines is 1. The van der Waals surface area contributed by atoms with Crippen molar-refractivity contribution in [2.24, 2.45) is 5.92 Å². The molecule has 1 aliphatic rings. The van der Waals surface area contributed by atoms with E-state index >= 15 is 0 Å². The number of aromatic nitrogens is 2. The molecule has 0 radical (unpaired) electrons. The van der Waals surface area contributed by atoms with Crippen LogP contribution in [-0.2, 0) is 4.79 Å². The molecule has 1 amide bonds. The molecular formula is C17H24N4O2. The second-order valence-corrected chi connectivity index (χ2v) is 6.59. The first-order chi connectivity index (χ1) is 11.0. The third kappa shape index (κ3) is 3.63. The quantitative estimate of drug-likeness (QED) is 0.871. The summed E-state index contributed by atoms with van der Waals surface area (Å²) >= 11 is 0. The maximum atomic E-state index is 12.2. The smallest absolute Gasteiger partial charge is 0.300 e. The van der Waals surface area contributed by atoms with Gasteiger partial charge in [0.2, 0.25) is 11.6 Å². The van der Waals surface area contributed by atoms with E-state index in [0.717, 1.165) is 38.3 Å². The van der Waals surface area contributed by atoms with Crippen LogP contribution < -0.4 is 4.90 Å². The third-order valence-electron chi connectivity index (χ3n) is 4.08.